The van der Waals surface area contributed by atoms with Crippen molar-refractivity contribution in [3.63, 3.8) is 0 Å². The highest BCUT2D eigenvalue weighted by Gasteiger charge is 2.66. The van der Waals surface area contributed by atoms with Crippen molar-refractivity contribution in [2.75, 3.05) is 13.2 Å². The van der Waals surface area contributed by atoms with E-state index < -0.39 is 35.0 Å². The highest BCUT2D eigenvalue weighted by atomic mass is 16.5. The molecule has 6 atom stereocenters. The third-order valence-electron chi connectivity index (χ3n) is 11.7. The Morgan fingerprint density at radius 3 is 2.23 bits per heavy atom. The minimum Gasteiger partial charge on any atom is -0.508 e. The van der Waals surface area contributed by atoms with Crippen molar-refractivity contribution in [3.05, 3.63) is 143 Å². The van der Waals surface area contributed by atoms with Gasteiger partial charge in [-0.2, -0.15) is 0 Å². The monoisotopic (exact) mass is 693 g/mol. The molecule has 1 heterocycles. The van der Waals surface area contributed by atoms with E-state index in [1.807, 2.05) is 73.7 Å². The van der Waals surface area contributed by atoms with Gasteiger partial charge in [-0.3, -0.25) is 24.1 Å². The number of Topliss-reactive ketones (excluding diaryl/α,β-unsaturated/α-hetero) is 1. The van der Waals surface area contributed by atoms with E-state index in [4.69, 9.17) is 4.74 Å². The maximum Gasteiger partial charge on any atom is 0.233 e. The highest BCUT2D eigenvalue weighted by molar-refractivity contribution is 6.31. The van der Waals surface area contributed by atoms with Gasteiger partial charge in [0, 0.05) is 29.5 Å². The van der Waals surface area contributed by atoms with Crippen LogP contribution in [-0.4, -0.2) is 51.6 Å². The van der Waals surface area contributed by atoms with Gasteiger partial charge in [0.2, 0.25) is 11.8 Å². The zero-order chi connectivity index (χ0) is 36.1. The molecule has 0 aromatic heterocycles. The van der Waals surface area contributed by atoms with Crippen LogP contribution >= 0.6 is 0 Å². The predicted octanol–water partition coefficient (Wildman–Crippen LogP) is 6.56. The van der Waals surface area contributed by atoms with E-state index in [1.54, 1.807) is 42.5 Å². The average molecular weight is 694 g/mol. The van der Waals surface area contributed by atoms with Gasteiger partial charge in [0.1, 0.15) is 5.75 Å². The summed E-state index contributed by atoms with van der Waals surface area (Å²) in [5.74, 6) is -4.30. The molecule has 0 spiro atoms. The number of carbonyl (C=O) groups is 4. The number of allylic oxidation sites excluding steroid dienone is 4. The van der Waals surface area contributed by atoms with E-state index in [9.17, 15) is 19.8 Å². The van der Waals surface area contributed by atoms with Crippen LogP contribution in [0.25, 0.3) is 5.57 Å². The molecule has 262 valence electrons. The standard InChI is InChI=1S/C44H39NO7/c1-2-52-36-15-9-14-32(41(36)49)39-30-20-21-31-38(43(51)45(42(31)50)23-22-26-16-18-29(46)19-17-26)34(30)24-35-40(48)33(27-10-5-3-6-11-27)25-37(47)44(35,39)28-12-7-4-8-13-28/h3-20,25,31,34-35,38-39,46,49H,2,21-24H2,1H3. The summed E-state index contributed by atoms with van der Waals surface area (Å²) in [6, 6.07) is 30.4. The van der Waals surface area contributed by atoms with E-state index in [1.165, 1.54) is 11.0 Å². The minimum absolute atomic E-state index is 0.116. The maximum absolute atomic E-state index is 15.2. The van der Waals surface area contributed by atoms with Gasteiger partial charge in [-0.05, 0) is 73.1 Å². The van der Waals surface area contributed by atoms with Crippen molar-refractivity contribution in [1.29, 1.82) is 0 Å². The molecule has 52 heavy (non-hydrogen) atoms. The van der Waals surface area contributed by atoms with Gasteiger partial charge in [0.25, 0.3) is 0 Å². The number of phenols is 2. The number of aromatic hydroxyl groups is 2. The zero-order valence-corrected chi connectivity index (χ0v) is 28.8. The van der Waals surface area contributed by atoms with Crippen molar-refractivity contribution >= 4 is 29.0 Å². The number of ketones is 2. The first kappa shape index (κ1) is 33.4. The normalized spacial score (nSPS) is 26.6. The molecule has 4 aliphatic rings. The molecule has 3 aliphatic carbocycles. The number of phenolic OH excluding ortho intramolecular Hbond substituents is 2. The number of hydrogen-bond donors (Lipinski definition) is 2. The number of rotatable bonds is 8. The predicted molar refractivity (Wildman–Crippen MR) is 194 cm³/mol. The molecule has 4 aromatic carbocycles. The van der Waals surface area contributed by atoms with Gasteiger partial charge in [-0.15, -0.1) is 0 Å². The molecule has 8 heteroatoms. The molecule has 2 amide bonds. The Morgan fingerprint density at radius 1 is 0.808 bits per heavy atom. The lowest BCUT2D eigenvalue weighted by Crippen LogP contribution is -2.58. The molecule has 1 aliphatic heterocycles. The molecule has 8 rings (SSSR count). The first-order chi connectivity index (χ1) is 25.2. The second kappa shape index (κ2) is 13.1. The summed E-state index contributed by atoms with van der Waals surface area (Å²) in [4.78, 5) is 60.1. The number of carbonyl (C=O) groups excluding carboxylic acids is 4. The molecular weight excluding hydrogens is 654 g/mol. The largest absolute Gasteiger partial charge is 0.508 e. The van der Waals surface area contributed by atoms with Crippen LogP contribution in [0, 0.1) is 23.7 Å². The minimum atomic E-state index is -1.45. The van der Waals surface area contributed by atoms with Crippen molar-refractivity contribution in [1.82, 2.24) is 4.90 Å². The van der Waals surface area contributed by atoms with Crippen molar-refractivity contribution in [2.24, 2.45) is 23.7 Å². The SMILES string of the molecule is CCOc1cccc(C2C3=CCC4C(=O)N(CCc5ccc(O)cc5)C(=O)C4C3CC3C(=O)C(c4ccccc4)=CC(=O)C32c2ccccc2)c1O. The molecule has 2 fully saturated rings. The first-order valence-corrected chi connectivity index (χ1v) is 17.9. The highest BCUT2D eigenvalue weighted by Crippen LogP contribution is 2.64. The molecule has 0 radical (unpaired) electrons. The third-order valence-corrected chi connectivity index (χ3v) is 11.7. The van der Waals surface area contributed by atoms with Crippen LogP contribution in [0.3, 0.4) is 0 Å². The molecule has 2 N–H and O–H groups in total. The molecule has 1 saturated carbocycles. The van der Waals surface area contributed by atoms with Gasteiger partial charge < -0.3 is 14.9 Å². The Hall–Kier alpha value is -5.76. The molecule has 6 unspecified atom stereocenters. The molecule has 0 bridgehead atoms. The summed E-state index contributed by atoms with van der Waals surface area (Å²) in [5.41, 5.74) is 2.26. The average Bonchev–Trinajstić information content (AvgIpc) is 3.41. The van der Waals surface area contributed by atoms with Gasteiger partial charge in [0.15, 0.2) is 23.1 Å². The van der Waals surface area contributed by atoms with Gasteiger partial charge in [0.05, 0.1) is 23.9 Å². The lowest BCUT2D eigenvalue weighted by Gasteiger charge is -2.55. The lowest BCUT2D eigenvalue weighted by atomic mass is 9.44. The maximum atomic E-state index is 15.2. The molecule has 4 aromatic rings. The van der Waals surface area contributed by atoms with E-state index >= 15 is 9.59 Å². The van der Waals surface area contributed by atoms with Gasteiger partial charge >= 0.3 is 0 Å². The Labute approximate surface area is 302 Å². The van der Waals surface area contributed by atoms with Crippen LogP contribution in [0.1, 0.15) is 47.9 Å². The van der Waals surface area contributed by atoms with Crippen molar-refractivity contribution < 1.29 is 34.1 Å². The van der Waals surface area contributed by atoms with Crippen LogP contribution in [0.2, 0.25) is 0 Å². The number of amides is 2. The Bertz CT molecular complexity index is 2140. The van der Waals surface area contributed by atoms with Crippen LogP contribution < -0.4 is 4.74 Å². The second-order valence-corrected chi connectivity index (χ2v) is 14.2. The quantitative estimate of drug-likeness (QED) is 0.158. The van der Waals surface area contributed by atoms with Crippen molar-refractivity contribution in [2.45, 2.75) is 37.5 Å². The number of imide groups is 1. The van der Waals surface area contributed by atoms with Gasteiger partial charge in [-0.1, -0.05) is 96.6 Å². The topological polar surface area (TPSA) is 121 Å². The Balaban J connectivity index is 1.30. The molecular formula is C44H39NO7. The zero-order valence-electron chi connectivity index (χ0n) is 28.8. The van der Waals surface area contributed by atoms with E-state index in [0.717, 1.165) is 11.1 Å². The summed E-state index contributed by atoms with van der Waals surface area (Å²) >= 11 is 0. The summed E-state index contributed by atoms with van der Waals surface area (Å²) in [7, 11) is 0. The summed E-state index contributed by atoms with van der Waals surface area (Å²) in [6.45, 7) is 2.32. The number of nitrogens with zero attached hydrogens (tertiary/aromatic N) is 1. The van der Waals surface area contributed by atoms with Crippen LogP contribution in [0.5, 0.6) is 17.2 Å². The number of hydrogen-bond acceptors (Lipinski definition) is 7. The van der Waals surface area contributed by atoms with Crippen molar-refractivity contribution in [3.8, 4) is 17.2 Å². The molecule has 1 saturated heterocycles. The fraction of sp³-hybridized carbons (Fsp3) is 0.273. The van der Waals surface area contributed by atoms with E-state index in [2.05, 4.69) is 0 Å². The number of para-hydroxylation sites is 1. The second-order valence-electron chi connectivity index (χ2n) is 14.2. The van der Waals surface area contributed by atoms with E-state index in [0.29, 0.717) is 41.7 Å². The smallest absolute Gasteiger partial charge is 0.233 e. The van der Waals surface area contributed by atoms with Crippen LogP contribution in [0.4, 0.5) is 0 Å². The van der Waals surface area contributed by atoms with Crippen LogP contribution in [0.15, 0.2) is 121 Å². The third kappa shape index (κ3) is 5.11. The Morgan fingerprint density at radius 2 is 1.52 bits per heavy atom. The summed E-state index contributed by atoms with van der Waals surface area (Å²) in [6.07, 6.45) is 4.37. The van der Waals surface area contributed by atoms with Gasteiger partial charge in [-0.25, -0.2) is 0 Å². The number of likely N-dealkylation sites (tertiary alicyclic amines) is 1. The Kier molecular flexibility index (Phi) is 8.41. The number of benzene rings is 4. The fourth-order valence-corrected chi connectivity index (χ4v) is 9.45. The van der Waals surface area contributed by atoms with Crippen LogP contribution in [-0.2, 0) is 31.0 Å². The molecule has 8 nitrogen and oxygen atoms in total. The van der Waals surface area contributed by atoms with E-state index in [-0.39, 0.29) is 53.6 Å². The number of fused-ring (bicyclic) bond motifs is 4. The summed E-state index contributed by atoms with van der Waals surface area (Å²) in [5, 5.41) is 21.6. The fourth-order valence-electron chi connectivity index (χ4n) is 9.45. The lowest BCUT2D eigenvalue weighted by molar-refractivity contribution is -0.140. The summed E-state index contributed by atoms with van der Waals surface area (Å²) < 4.78 is 5.83. The number of ether oxygens (including phenoxy) is 1. The first-order valence-electron chi connectivity index (χ1n) is 17.9.